The monoisotopic (exact) mass is 363 g/mol. The third-order valence-corrected chi connectivity index (χ3v) is 4.66. The number of aryl methyl sites for hydroxylation is 1. The quantitative estimate of drug-likeness (QED) is 0.782. The number of nitrogens with one attached hydrogen (secondary N) is 1. The number of hydrogen-bond acceptors (Lipinski definition) is 2. The van der Waals surface area contributed by atoms with E-state index in [4.69, 9.17) is 27.9 Å². The minimum Gasteiger partial charge on any atom is -0.487 e. The normalized spacial score (nSPS) is 18.5. The van der Waals surface area contributed by atoms with Crippen LogP contribution in [0.25, 0.3) is 0 Å². The third-order valence-electron chi connectivity index (χ3n) is 4.11. The van der Waals surface area contributed by atoms with E-state index in [0.29, 0.717) is 22.0 Å². The molecule has 5 heteroatoms. The lowest BCUT2D eigenvalue weighted by Crippen LogP contribution is -2.41. The van der Waals surface area contributed by atoms with Gasteiger partial charge in [0.2, 0.25) is 0 Å². The summed E-state index contributed by atoms with van der Waals surface area (Å²) in [6, 6.07) is 10.8. The van der Waals surface area contributed by atoms with E-state index in [9.17, 15) is 4.79 Å². The molecule has 0 saturated heterocycles. The minimum atomic E-state index is -0.359. The summed E-state index contributed by atoms with van der Waals surface area (Å²) < 4.78 is 6.06. The van der Waals surface area contributed by atoms with Crippen molar-refractivity contribution in [2.45, 2.75) is 38.8 Å². The molecule has 1 heterocycles. The highest BCUT2D eigenvalue weighted by atomic mass is 35.5. The first-order chi connectivity index (χ1) is 11.2. The molecule has 1 atom stereocenters. The number of rotatable bonds is 2. The van der Waals surface area contributed by atoms with Crippen molar-refractivity contribution in [2.75, 3.05) is 0 Å². The molecule has 24 heavy (non-hydrogen) atoms. The molecule has 0 bridgehead atoms. The van der Waals surface area contributed by atoms with Gasteiger partial charge in [0.05, 0.1) is 16.6 Å². The summed E-state index contributed by atoms with van der Waals surface area (Å²) in [4.78, 5) is 12.7. The van der Waals surface area contributed by atoms with Crippen LogP contribution in [0, 0.1) is 6.92 Å². The van der Waals surface area contributed by atoms with Crippen molar-refractivity contribution < 1.29 is 9.53 Å². The lowest BCUT2D eigenvalue weighted by molar-refractivity contribution is 0.0619. The minimum absolute atomic E-state index is 0.136. The maximum atomic E-state index is 12.7. The highest BCUT2D eigenvalue weighted by Crippen LogP contribution is 2.40. The van der Waals surface area contributed by atoms with Crippen molar-refractivity contribution >= 4 is 29.1 Å². The van der Waals surface area contributed by atoms with Gasteiger partial charge in [-0.3, -0.25) is 4.79 Å². The summed E-state index contributed by atoms with van der Waals surface area (Å²) in [5, 5.41) is 3.93. The highest BCUT2D eigenvalue weighted by molar-refractivity contribution is 6.36. The van der Waals surface area contributed by atoms with Gasteiger partial charge in [0, 0.05) is 17.0 Å². The Morgan fingerprint density at radius 3 is 2.67 bits per heavy atom. The fraction of sp³-hybridized carbons (Fsp3) is 0.316. The Morgan fingerprint density at radius 1 is 1.21 bits per heavy atom. The van der Waals surface area contributed by atoms with Crippen LogP contribution in [-0.4, -0.2) is 11.5 Å². The largest absolute Gasteiger partial charge is 0.487 e. The molecule has 1 aliphatic rings. The molecule has 0 radical (unpaired) electrons. The zero-order valence-corrected chi connectivity index (χ0v) is 15.3. The van der Waals surface area contributed by atoms with Crippen LogP contribution in [0.3, 0.4) is 0 Å². The number of amides is 1. The van der Waals surface area contributed by atoms with Gasteiger partial charge in [-0.15, -0.1) is 0 Å². The zero-order valence-electron chi connectivity index (χ0n) is 13.8. The Kier molecular flexibility index (Phi) is 4.50. The lowest BCUT2D eigenvalue weighted by atomic mass is 9.89. The first kappa shape index (κ1) is 17.1. The van der Waals surface area contributed by atoms with Gasteiger partial charge in [0.15, 0.2) is 0 Å². The average Bonchev–Trinajstić information content (AvgIpc) is 2.45. The molecule has 0 fully saturated rings. The molecule has 1 amide bonds. The Labute approximate surface area is 151 Å². The van der Waals surface area contributed by atoms with Crippen LogP contribution >= 0.6 is 23.2 Å². The Bertz CT molecular complexity index is 802. The van der Waals surface area contributed by atoms with E-state index in [1.54, 1.807) is 18.2 Å². The second kappa shape index (κ2) is 6.30. The topological polar surface area (TPSA) is 38.3 Å². The van der Waals surface area contributed by atoms with Crippen molar-refractivity contribution in [3.05, 3.63) is 63.1 Å². The van der Waals surface area contributed by atoms with Crippen molar-refractivity contribution in [3.8, 4) is 5.75 Å². The number of ether oxygens (including phenoxy) is 1. The highest BCUT2D eigenvalue weighted by Gasteiger charge is 2.34. The summed E-state index contributed by atoms with van der Waals surface area (Å²) >= 11 is 12.0. The van der Waals surface area contributed by atoms with Gasteiger partial charge in [-0.2, -0.15) is 0 Å². The standard InChI is InChI=1S/C19H19Cl2NO2/c1-11-4-6-14-16(10-19(2,3)24-17(14)8-11)22-18(23)13-7-5-12(20)9-15(13)21/h4-9,16H,10H2,1-3H3,(H,22,23)/t16-/m1/s1. The van der Waals surface area contributed by atoms with E-state index < -0.39 is 0 Å². The average molecular weight is 364 g/mol. The first-order valence-corrected chi connectivity index (χ1v) is 8.56. The van der Waals surface area contributed by atoms with E-state index >= 15 is 0 Å². The van der Waals surface area contributed by atoms with Crippen molar-refractivity contribution in [3.63, 3.8) is 0 Å². The van der Waals surface area contributed by atoms with Crippen LogP contribution in [0.4, 0.5) is 0 Å². The van der Waals surface area contributed by atoms with Gasteiger partial charge in [-0.05, 0) is 50.6 Å². The second-order valence-corrected chi connectivity index (χ2v) is 7.60. The van der Waals surface area contributed by atoms with Crippen molar-refractivity contribution in [1.29, 1.82) is 0 Å². The van der Waals surface area contributed by atoms with Gasteiger partial charge in [0.1, 0.15) is 11.4 Å². The number of carbonyl (C=O) groups is 1. The number of benzene rings is 2. The van der Waals surface area contributed by atoms with Gasteiger partial charge in [-0.1, -0.05) is 35.3 Å². The number of hydrogen-bond donors (Lipinski definition) is 1. The van der Waals surface area contributed by atoms with E-state index in [1.165, 1.54) is 0 Å². The predicted octanol–water partition coefficient (Wildman–Crippen LogP) is 5.33. The maximum absolute atomic E-state index is 12.7. The Hall–Kier alpha value is -1.71. The SMILES string of the molecule is Cc1ccc2c(c1)OC(C)(C)C[C@H]2NC(=O)c1ccc(Cl)cc1Cl. The summed E-state index contributed by atoms with van der Waals surface area (Å²) in [7, 11) is 0. The number of carbonyl (C=O) groups excluding carboxylic acids is 1. The van der Waals surface area contributed by atoms with E-state index in [0.717, 1.165) is 16.9 Å². The molecule has 1 N–H and O–H groups in total. The van der Waals surface area contributed by atoms with Crippen LogP contribution < -0.4 is 10.1 Å². The molecule has 2 aromatic rings. The number of fused-ring (bicyclic) bond motifs is 1. The summed E-state index contributed by atoms with van der Waals surface area (Å²) in [5.74, 6) is 0.602. The fourth-order valence-corrected chi connectivity index (χ4v) is 3.49. The molecule has 1 aliphatic heterocycles. The second-order valence-electron chi connectivity index (χ2n) is 6.76. The molecular weight excluding hydrogens is 345 g/mol. The smallest absolute Gasteiger partial charge is 0.253 e. The van der Waals surface area contributed by atoms with E-state index in [2.05, 4.69) is 5.32 Å². The van der Waals surface area contributed by atoms with Crippen LogP contribution in [0.5, 0.6) is 5.75 Å². The van der Waals surface area contributed by atoms with Crippen LogP contribution in [-0.2, 0) is 0 Å². The van der Waals surface area contributed by atoms with E-state index in [-0.39, 0.29) is 17.6 Å². The molecule has 0 unspecified atom stereocenters. The summed E-state index contributed by atoms with van der Waals surface area (Å²) in [6.07, 6.45) is 0.681. The zero-order chi connectivity index (χ0) is 17.5. The molecule has 126 valence electrons. The first-order valence-electron chi connectivity index (χ1n) is 7.81. The maximum Gasteiger partial charge on any atom is 0.253 e. The Balaban J connectivity index is 1.90. The van der Waals surface area contributed by atoms with E-state index in [1.807, 2.05) is 39.0 Å². The lowest BCUT2D eigenvalue weighted by Gasteiger charge is -2.38. The molecule has 0 aliphatic carbocycles. The molecule has 0 spiro atoms. The van der Waals surface area contributed by atoms with Gasteiger partial charge >= 0.3 is 0 Å². The molecule has 0 aromatic heterocycles. The molecule has 3 nitrogen and oxygen atoms in total. The third kappa shape index (κ3) is 3.52. The molecule has 0 saturated carbocycles. The van der Waals surface area contributed by atoms with Crippen molar-refractivity contribution in [2.24, 2.45) is 0 Å². The molecule has 2 aromatic carbocycles. The van der Waals surface area contributed by atoms with Crippen LogP contribution in [0.15, 0.2) is 36.4 Å². The fourth-order valence-electron chi connectivity index (χ4n) is 3.00. The van der Waals surface area contributed by atoms with Gasteiger partial charge in [0.25, 0.3) is 5.91 Å². The number of halogens is 2. The summed E-state index contributed by atoms with van der Waals surface area (Å²) in [6.45, 7) is 6.06. The van der Waals surface area contributed by atoms with Gasteiger partial charge < -0.3 is 10.1 Å². The predicted molar refractivity (Wildman–Crippen MR) is 97.2 cm³/mol. The summed E-state index contributed by atoms with van der Waals surface area (Å²) in [5.41, 5.74) is 2.16. The molecule has 3 rings (SSSR count). The van der Waals surface area contributed by atoms with Gasteiger partial charge in [-0.25, -0.2) is 0 Å². The van der Waals surface area contributed by atoms with Crippen molar-refractivity contribution in [1.82, 2.24) is 5.32 Å². The molecular formula is C19H19Cl2NO2. The van der Waals surface area contributed by atoms with Crippen LogP contribution in [0.1, 0.15) is 47.8 Å². The van der Waals surface area contributed by atoms with Crippen LogP contribution in [0.2, 0.25) is 10.0 Å². The Morgan fingerprint density at radius 2 is 1.96 bits per heavy atom.